The number of halogens is 1. The number of amides is 2. The zero-order chi connectivity index (χ0) is 17.1. The average Bonchev–Trinajstić information content (AvgIpc) is 3.15. The molecule has 1 saturated heterocycles. The minimum atomic E-state index is -0.648. The largest absolute Gasteiger partial charge is 0.337 e. The number of nitrogens with zero attached hydrogens (tertiary/aromatic N) is 2. The first kappa shape index (κ1) is 19.4. The van der Waals surface area contributed by atoms with Crippen molar-refractivity contribution in [1.82, 2.24) is 9.80 Å². The fraction of sp³-hybridized carbons (Fsp3) is 0.333. The van der Waals surface area contributed by atoms with E-state index < -0.39 is 6.04 Å². The molecular formula is C18H22ClN3O2S. The van der Waals surface area contributed by atoms with E-state index in [2.05, 4.69) is 0 Å². The molecule has 25 heavy (non-hydrogen) atoms. The highest BCUT2D eigenvalue weighted by molar-refractivity contribution is 7.12. The van der Waals surface area contributed by atoms with E-state index in [0.29, 0.717) is 26.2 Å². The number of thiophene rings is 1. The van der Waals surface area contributed by atoms with Crippen molar-refractivity contribution in [2.24, 2.45) is 5.73 Å². The molecule has 134 valence electrons. The molecule has 0 bridgehead atoms. The first-order chi connectivity index (χ1) is 11.6. The predicted octanol–water partition coefficient (Wildman–Crippen LogP) is 2.46. The summed E-state index contributed by atoms with van der Waals surface area (Å²) >= 11 is 1.44. The highest BCUT2D eigenvalue weighted by Crippen LogP contribution is 2.17. The quantitative estimate of drug-likeness (QED) is 0.890. The molecule has 1 aromatic heterocycles. The smallest absolute Gasteiger partial charge is 0.264 e. The third-order valence-corrected chi connectivity index (χ3v) is 5.17. The number of nitrogens with two attached hydrogens (primary N) is 1. The van der Waals surface area contributed by atoms with Gasteiger partial charge < -0.3 is 15.5 Å². The van der Waals surface area contributed by atoms with E-state index in [1.165, 1.54) is 11.3 Å². The van der Waals surface area contributed by atoms with Crippen LogP contribution in [0.5, 0.6) is 0 Å². The van der Waals surface area contributed by atoms with E-state index in [1.54, 1.807) is 9.80 Å². The van der Waals surface area contributed by atoms with Gasteiger partial charge in [0.15, 0.2) is 0 Å². The lowest BCUT2D eigenvalue weighted by Crippen LogP contribution is -2.52. The second kappa shape index (κ2) is 8.47. The molecule has 1 aliphatic heterocycles. The molecule has 1 atom stereocenters. The van der Waals surface area contributed by atoms with Crippen molar-refractivity contribution in [3.05, 3.63) is 57.8 Å². The maximum absolute atomic E-state index is 12.6. The minimum Gasteiger partial charge on any atom is -0.337 e. The van der Waals surface area contributed by atoms with Crippen molar-refractivity contribution in [2.75, 3.05) is 26.2 Å². The van der Waals surface area contributed by atoms with Crippen LogP contribution in [0.25, 0.3) is 0 Å². The Balaban J connectivity index is 0.00000225. The van der Waals surface area contributed by atoms with Crippen molar-refractivity contribution in [3.8, 4) is 0 Å². The van der Waals surface area contributed by atoms with E-state index in [4.69, 9.17) is 5.73 Å². The van der Waals surface area contributed by atoms with Crippen molar-refractivity contribution in [2.45, 2.75) is 13.0 Å². The van der Waals surface area contributed by atoms with Gasteiger partial charge in [0, 0.05) is 26.2 Å². The number of carbonyl (C=O) groups is 2. The summed E-state index contributed by atoms with van der Waals surface area (Å²) in [5, 5.41) is 1.90. The molecule has 0 saturated carbocycles. The van der Waals surface area contributed by atoms with Gasteiger partial charge in [-0.25, -0.2) is 0 Å². The van der Waals surface area contributed by atoms with Crippen molar-refractivity contribution < 1.29 is 9.59 Å². The Morgan fingerprint density at radius 2 is 1.64 bits per heavy atom. The van der Waals surface area contributed by atoms with Crippen LogP contribution in [-0.4, -0.2) is 47.8 Å². The van der Waals surface area contributed by atoms with Gasteiger partial charge in [-0.1, -0.05) is 35.9 Å². The molecule has 2 N–H and O–H groups in total. The SMILES string of the molecule is Cc1ccc(C(N)C(=O)N2CCN(C(=O)c3cccs3)CC2)cc1.Cl. The highest BCUT2D eigenvalue weighted by Gasteiger charge is 2.28. The third-order valence-electron chi connectivity index (χ3n) is 4.31. The molecule has 1 aromatic carbocycles. The number of benzene rings is 1. The topological polar surface area (TPSA) is 66.6 Å². The summed E-state index contributed by atoms with van der Waals surface area (Å²) in [4.78, 5) is 29.2. The number of hydrogen-bond acceptors (Lipinski definition) is 4. The summed E-state index contributed by atoms with van der Waals surface area (Å²) in [5.74, 6) is -0.0398. The highest BCUT2D eigenvalue weighted by atomic mass is 35.5. The van der Waals surface area contributed by atoms with Gasteiger partial charge >= 0.3 is 0 Å². The van der Waals surface area contributed by atoms with Crippen molar-refractivity contribution >= 4 is 35.6 Å². The van der Waals surface area contributed by atoms with Gasteiger partial charge in [-0.3, -0.25) is 9.59 Å². The molecule has 1 aliphatic rings. The maximum atomic E-state index is 12.6. The van der Waals surface area contributed by atoms with Crippen LogP contribution >= 0.6 is 23.7 Å². The van der Waals surface area contributed by atoms with E-state index in [1.807, 2.05) is 48.7 Å². The maximum Gasteiger partial charge on any atom is 0.264 e. The lowest BCUT2D eigenvalue weighted by atomic mass is 10.0. The van der Waals surface area contributed by atoms with Crippen molar-refractivity contribution in [3.63, 3.8) is 0 Å². The van der Waals surface area contributed by atoms with Crippen molar-refractivity contribution in [1.29, 1.82) is 0 Å². The molecule has 0 spiro atoms. The predicted molar refractivity (Wildman–Crippen MR) is 102 cm³/mol. The Labute approximate surface area is 157 Å². The van der Waals surface area contributed by atoms with Gasteiger partial charge in [-0.05, 0) is 23.9 Å². The Morgan fingerprint density at radius 1 is 1.04 bits per heavy atom. The molecule has 5 nitrogen and oxygen atoms in total. The lowest BCUT2D eigenvalue weighted by Gasteiger charge is -2.35. The summed E-state index contributed by atoms with van der Waals surface area (Å²) < 4.78 is 0. The van der Waals surface area contributed by atoms with Crippen LogP contribution < -0.4 is 5.73 Å². The standard InChI is InChI=1S/C18H21N3O2S.ClH/c1-13-4-6-14(7-5-13)16(19)18(23)21-10-8-20(9-11-21)17(22)15-3-2-12-24-15;/h2-7,12,16H,8-11,19H2,1H3;1H. The number of aryl methyl sites for hydroxylation is 1. The Kier molecular flexibility index (Phi) is 6.58. The summed E-state index contributed by atoms with van der Waals surface area (Å²) in [6.07, 6.45) is 0. The van der Waals surface area contributed by atoms with Crippen LogP contribution in [0.2, 0.25) is 0 Å². The Hall–Kier alpha value is -1.89. The number of piperazine rings is 1. The van der Waals surface area contributed by atoms with Gasteiger partial charge in [-0.2, -0.15) is 0 Å². The van der Waals surface area contributed by atoms with E-state index in [0.717, 1.165) is 16.0 Å². The van der Waals surface area contributed by atoms with Gasteiger partial charge in [0.05, 0.1) is 4.88 Å². The first-order valence-electron chi connectivity index (χ1n) is 8.00. The molecule has 1 fully saturated rings. The van der Waals surface area contributed by atoms with Crippen LogP contribution in [0.4, 0.5) is 0 Å². The molecule has 3 rings (SSSR count). The van der Waals surface area contributed by atoms with Gasteiger partial charge in [0.1, 0.15) is 6.04 Å². The molecule has 2 amide bonds. The summed E-state index contributed by atoms with van der Waals surface area (Å²) in [6.45, 7) is 4.14. The average molecular weight is 380 g/mol. The monoisotopic (exact) mass is 379 g/mol. The fourth-order valence-corrected chi connectivity index (χ4v) is 3.49. The zero-order valence-electron chi connectivity index (χ0n) is 14.1. The molecule has 2 aromatic rings. The molecule has 1 unspecified atom stereocenters. The number of rotatable bonds is 3. The molecule has 7 heteroatoms. The summed E-state index contributed by atoms with van der Waals surface area (Å²) in [6, 6.07) is 10.8. The molecular weight excluding hydrogens is 358 g/mol. The van der Waals surface area contributed by atoms with E-state index >= 15 is 0 Å². The van der Waals surface area contributed by atoms with E-state index in [9.17, 15) is 9.59 Å². The van der Waals surface area contributed by atoms with Crippen LogP contribution in [0.15, 0.2) is 41.8 Å². The summed E-state index contributed by atoms with van der Waals surface area (Å²) in [7, 11) is 0. The second-order valence-corrected chi connectivity index (χ2v) is 6.93. The van der Waals surface area contributed by atoms with Crippen LogP contribution in [0.3, 0.4) is 0 Å². The second-order valence-electron chi connectivity index (χ2n) is 5.98. The molecule has 0 radical (unpaired) electrons. The third kappa shape index (κ3) is 4.39. The van der Waals surface area contributed by atoms with Crippen LogP contribution in [0.1, 0.15) is 26.8 Å². The Bertz CT molecular complexity index is 710. The first-order valence-corrected chi connectivity index (χ1v) is 8.88. The lowest BCUT2D eigenvalue weighted by molar-refractivity contribution is -0.134. The van der Waals surface area contributed by atoms with Gasteiger partial charge in [-0.15, -0.1) is 23.7 Å². The fourth-order valence-electron chi connectivity index (χ4n) is 2.80. The summed E-state index contributed by atoms with van der Waals surface area (Å²) in [5.41, 5.74) is 8.08. The Morgan fingerprint density at radius 3 is 2.20 bits per heavy atom. The van der Waals surface area contributed by atoms with E-state index in [-0.39, 0.29) is 24.2 Å². The molecule has 2 heterocycles. The normalized spacial score (nSPS) is 15.4. The van der Waals surface area contributed by atoms with Crippen LogP contribution in [-0.2, 0) is 4.79 Å². The van der Waals surface area contributed by atoms with Gasteiger partial charge in [0.25, 0.3) is 5.91 Å². The zero-order valence-corrected chi connectivity index (χ0v) is 15.7. The minimum absolute atomic E-state index is 0. The van der Waals surface area contributed by atoms with Crippen LogP contribution in [0, 0.1) is 6.92 Å². The molecule has 0 aliphatic carbocycles. The van der Waals surface area contributed by atoms with Gasteiger partial charge in [0.2, 0.25) is 5.91 Å². The number of hydrogen-bond donors (Lipinski definition) is 1. The number of carbonyl (C=O) groups excluding carboxylic acids is 2.